The molecule has 104 valence electrons. The average Bonchev–Trinajstić information content (AvgIpc) is 2.88. The van der Waals surface area contributed by atoms with Gasteiger partial charge in [-0.15, -0.1) is 0 Å². The number of hydrogen-bond acceptors (Lipinski definition) is 2. The molecule has 1 atom stereocenters. The monoisotopic (exact) mass is 263 g/mol. The number of Topliss-reactive ketones (excluding diaryl/α,β-unsaturated/α-hetero) is 1. The highest BCUT2D eigenvalue weighted by Crippen LogP contribution is 2.21. The molecule has 0 bridgehead atoms. The molecular weight excluding hydrogens is 241 g/mol. The Hall–Kier alpha value is -1.22. The summed E-state index contributed by atoms with van der Waals surface area (Å²) in [7, 11) is 0. The maximum Gasteiger partial charge on any atom is 0.180 e. The van der Waals surface area contributed by atoms with Crippen LogP contribution < -0.4 is 0 Å². The van der Waals surface area contributed by atoms with E-state index < -0.39 is 0 Å². The van der Waals surface area contributed by atoms with Crippen LogP contribution in [0.3, 0.4) is 0 Å². The number of hydrogen-bond donors (Lipinski definition) is 0. The number of ketones is 1. The van der Waals surface area contributed by atoms with Crippen molar-refractivity contribution in [1.29, 1.82) is 0 Å². The van der Waals surface area contributed by atoms with Crippen LogP contribution in [-0.2, 0) is 0 Å². The second-order valence-electron chi connectivity index (χ2n) is 5.76. The van der Waals surface area contributed by atoms with Crippen LogP contribution in [0.25, 0.3) is 0 Å². The van der Waals surface area contributed by atoms with E-state index in [9.17, 15) is 9.18 Å². The van der Waals surface area contributed by atoms with E-state index in [-0.39, 0.29) is 17.6 Å². The van der Waals surface area contributed by atoms with Crippen molar-refractivity contribution >= 4 is 5.78 Å². The molecule has 1 aromatic rings. The number of carbonyl (C=O) groups is 1. The highest BCUT2D eigenvalue weighted by Gasteiger charge is 2.29. The lowest BCUT2D eigenvalue weighted by atomic mass is 9.95. The van der Waals surface area contributed by atoms with Crippen LogP contribution >= 0.6 is 0 Å². The average molecular weight is 263 g/mol. The minimum absolute atomic E-state index is 0.0649. The molecule has 2 nitrogen and oxygen atoms in total. The molecule has 0 aliphatic carbocycles. The molecule has 1 fully saturated rings. The molecule has 2 rings (SSSR count). The normalized spacial score (nSPS) is 17.9. The van der Waals surface area contributed by atoms with E-state index in [1.54, 1.807) is 12.1 Å². The Bertz CT molecular complexity index is 438. The van der Waals surface area contributed by atoms with Crippen LogP contribution in [0.2, 0.25) is 0 Å². The number of halogens is 1. The van der Waals surface area contributed by atoms with Crippen molar-refractivity contribution in [2.45, 2.75) is 39.2 Å². The van der Waals surface area contributed by atoms with E-state index in [0.29, 0.717) is 11.5 Å². The first kappa shape index (κ1) is 14.2. The summed E-state index contributed by atoms with van der Waals surface area (Å²) in [6.45, 7) is 6.22. The van der Waals surface area contributed by atoms with Gasteiger partial charge in [-0.1, -0.05) is 26.0 Å². The molecule has 1 heterocycles. The Labute approximate surface area is 114 Å². The molecule has 3 heteroatoms. The van der Waals surface area contributed by atoms with Crippen LogP contribution in [0.1, 0.15) is 43.5 Å². The number of benzene rings is 1. The lowest BCUT2D eigenvalue weighted by Gasteiger charge is -2.27. The van der Waals surface area contributed by atoms with E-state index in [1.807, 2.05) is 0 Å². The number of likely N-dealkylation sites (tertiary alicyclic amines) is 1. The van der Waals surface area contributed by atoms with Crippen molar-refractivity contribution in [2.24, 2.45) is 5.92 Å². The summed E-state index contributed by atoms with van der Waals surface area (Å²) in [6.07, 6.45) is 3.16. The summed E-state index contributed by atoms with van der Waals surface area (Å²) in [5.74, 6) is 0.189. The maximum absolute atomic E-state index is 13.3. The Morgan fingerprint density at radius 3 is 2.58 bits per heavy atom. The summed E-state index contributed by atoms with van der Waals surface area (Å²) < 4.78 is 13.3. The standard InChI is InChI=1S/C16H22FNO/c1-12(2)10-15(18-8-3-4-9-18)16(19)13-6-5-7-14(17)11-13/h5-7,11-12,15H,3-4,8-10H2,1-2H3. The Morgan fingerprint density at radius 2 is 2.00 bits per heavy atom. The van der Waals surface area contributed by atoms with E-state index in [2.05, 4.69) is 18.7 Å². The first-order chi connectivity index (χ1) is 9.08. The van der Waals surface area contributed by atoms with E-state index in [0.717, 1.165) is 32.4 Å². The molecule has 0 spiro atoms. The van der Waals surface area contributed by atoms with Gasteiger partial charge in [0, 0.05) is 5.56 Å². The van der Waals surface area contributed by atoms with E-state index in [1.165, 1.54) is 12.1 Å². The highest BCUT2D eigenvalue weighted by molar-refractivity contribution is 6.00. The minimum Gasteiger partial charge on any atom is -0.293 e. The summed E-state index contributed by atoms with van der Waals surface area (Å²) >= 11 is 0. The summed E-state index contributed by atoms with van der Waals surface area (Å²) in [5, 5.41) is 0. The van der Waals surface area contributed by atoms with E-state index >= 15 is 0 Å². The van der Waals surface area contributed by atoms with Gasteiger partial charge in [-0.2, -0.15) is 0 Å². The topological polar surface area (TPSA) is 20.3 Å². The van der Waals surface area contributed by atoms with Gasteiger partial charge < -0.3 is 0 Å². The van der Waals surface area contributed by atoms with Gasteiger partial charge in [-0.05, 0) is 50.4 Å². The largest absolute Gasteiger partial charge is 0.293 e. The first-order valence-corrected chi connectivity index (χ1v) is 7.12. The molecule has 0 N–H and O–H groups in total. The molecule has 1 aromatic carbocycles. The third-order valence-corrected chi connectivity index (χ3v) is 3.69. The quantitative estimate of drug-likeness (QED) is 0.758. The van der Waals surface area contributed by atoms with Gasteiger partial charge in [0.25, 0.3) is 0 Å². The molecule has 1 aliphatic heterocycles. The van der Waals surface area contributed by atoms with Gasteiger partial charge in [-0.25, -0.2) is 4.39 Å². The predicted octanol–water partition coefficient (Wildman–Crippen LogP) is 3.52. The SMILES string of the molecule is CC(C)CC(C(=O)c1cccc(F)c1)N1CCCC1. The molecule has 1 aliphatic rings. The molecule has 0 saturated carbocycles. The molecule has 0 radical (unpaired) electrons. The lowest BCUT2D eigenvalue weighted by molar-refractivity contribution is 0.0821. The van der Waals surface area contributed by atoms with Crippen molar-refractivity contribution in [2.75, 3.05) is 13.1 Å². The van der Waals surface area contributed by atoms with Crippen LogP contribution in [-0.4, -0.2) is 29.8 Å². The predicted molar refractivity (Wildman–Crippen MR) is 74.8 cm³/mol. The van der Waals surface area contributed by atoms with Crippen molar-refractivity contribution in [3.63, 3.8) is 0 Å². The Balaban J connectivity index is 2.19. The van der Waals surface area contributed by atoms with Gasteiger partial charge in [0.1, 0.15) is 5.82 Å². The molecular formula is C16H22FNO. The van der Waals surface area contributed by atoms with Crippen LogP contribution in [0.15, 0.2) is 24.3 Å². The fourth-order valence-corrected chi connectivity index (χ4v) is 2.76. The number of rotatable bonds is 5. The zero-order chi connectivity index (χ0) is 13.8. The van der Waals surface area contributed by atoms with E-state index in [4.69, 9.17) is 0 Å². The van der Waals surface area contributed by atoms with Gasteiger partial charge in [0.2, 0.25) is 0 Å². The number of nitrogens with zero attached hydrogens (tertiary/aromatic N) is 1. The van der Waals surface area contributed by atoms with Crippen LogP contribution in [0.4, 0.5) is 4.39 Å². The molecule has 0 amide bonds. The van der Waals surface area contributed by atoms with Crippen molar-refractivity contribution < 1.29 is 9.18 Å². The maximum atomic E-state index is 13.3. The molecule has 19 heavy (non-hydrogen) atoms. The molecule has 1 unspecified atom stereocenters. The van der Waals surface area contributed by atoms with Crippen LogP contribution in [0, 0.1) is 11.7 Å². The zero-order valence-electron chi connectivity index (χ0n) is 11.7. The third kappa shape index (κ3) is 3.63. The Kier molecular flexibility index (Phi) is 4.70. The molecule has 1 saturated heterocycles. The second kappa shape index (κ2) is 6.29. The smallest absolute Gasteiger partial charge is 0.180 e. The van der Waals surface area contributed by atoms with Crippen molar-refractivity contribution in [3.05, 3.63) is 35.6 Å². The highest BCUT2D eigenvalue weighted by atomic mass is 19.1. The second-order valence-corrected chi connectivity index (χ2v) is 5.76. The summed E-state index contributed by atoms with van der Waals surface area (Å²) in [5.41, 5.74) is 0.498. The first-order valence-electron chi connectivity index (χ1n) is 7.12. The van der Waals surface area contributed by atoms with Gasteiger partial charge in [-0.3, -0.25) is 9.69 Å². The minimum atomic E-state index is -0.337. The van der Waals surface area contributed by atoms with Gasteiger partial charge in [0.05, 0.1) is 6.04 Å². The molecule has 0 aromatic heterocycles. The van der Waals surface area contributed by atoms with Gasteiger partial charge in [0.15, 0.2) is 5.78 Å². The summed E-state index contributed by atoms with van der Waals surface area (Å²) in [4.78, 5) is 14.9. The fourth-order valence-electron chi connectivity index (χ4n) is 2.76. The van der Waals surface area contributed by atoms with Crippen molar-refractivity contribution in [1.82, 2.24) is 4.90 Å². The Morgan fingerprint density at radius 1 is 1.32 bits per heavy atom. The zero-order valence-corrected chi connectivity index (χ0v) is 11.7. The summed E-state index contributed by atoms with van der Waals surface area (Å²) in [6, 6.07) is 5.97. The van der Waals surface area contributed by atoms with Gasteiger partial charge >= 0.3 is 0 Å². The fraction of sp³-hybridized carbons (Fsp3) is 0.562. The van der Waals surface area contributed by atoms with Crippen LogP contribution in [0.5, 0.6) is 0 Å². The van der Waals surface area contributed by atoms with Crippen molar-refractivity contribution in [3.8, 4) is 0 Å². The third-order valence-electron chi connectivity index (χ3n) is 3.69. The number of carbonyl (C=O) groups excluding carboxylic acids is 1. The lowest BCUT2D eigenvalue weighted by Crippen LogP contribution is -2.40.